The number of benzene rings is 2. The van der Waals surface area contributed by atoms with Gasteiger partial charge in [-0.2, -0.15) is 5.26 Å². The van der Waals surface area contributed by atoms with Crippen molar-refractivity contribution in [1.82, 2.24) is 14.5 Å². The molecule has 8 nitrogen and oxygen atoms in total. The molecule has 31 heavy (non-hydrogen) atoms. The molecule has 2 aromatic carbocycles. The number of aryl methyl sites for hydroxylation is 1. The van der Waals surface area contributed by atoms with Crippen molar-refractivity contribution in [2.75, 3.05) is 6.54 Å². The molecule has 0 radical (unpaired) electrons. The van der Waals surface area contributed by atoms with Crippen LogP contribution < -0.4 is 4.74 Å². The van der Waals surface area contributed by atoms with Gasteiger partial charge in [0, 0.05) is 25.0 Å². The first kappa shape index (κ1) is 20.2. The number of carboxylic acid groups (broad SMARTS) is 1. The van der Waals surface area contributed by atoms with Crippen LogP contribution in [0.2, 0.25) is 0 Å². The summed E-state index contributed by atoms with van der Waals surface area (Å²) in [7, 11) is 0. The van der Waals surface area contributed by atoms with Crippen LogP contribution in [0.3, 0.4) is 0 Å². The Morgan fingerprint density at radius 1 is 1.26 bits per heavy atom. The van der Waals surface area contributed by atoms with Gasteiger partial charge in [-0.1, -0.05) is 12.1 Å². The van der Waals surface area contributed by atoms with Crippen molar-refractivity contribution >= 4 is 11.9 Å². The Bertz CT molecular complexity index is 1190. The van der Waals surface area contributed by atoms with Crippen molar-refractivity contribution in [1.29, 1.82) is 5.26 Å². The Morgan fingerprint density at radius 2 is 2.03 bits per heavy atom. The molecule has 0 aliphatic carbocycles. The monoisotopic (exact) mass is 416 g/mol. The normalized spacial score (nSPS) is 12.5. The van der Waals surface area contributed by atoms with Crippen LogP contribution in [0.5, 0.6) is 5.75 Å². The highest BCUT2D eigenvalue weighted by Crippen LogP contribution is 2.29. The first-order valence-electron chi connectivity index (χ1n) is 9.77. The van der Waals surface area contributed by atoms with Gasteiger partial charge in [0.25, 0.3) is 5.91 Å². The average molecular weight is 416 g/mol. The van der Waals surface area contributed by atoms with Crippen LogP contribution in [-0.4, -0.2) is 38.0 Å². The fourth-order valence-electron chi connectivity index (χ4n) is 3.56. The smallest absolute Gasteiger partial charge is 0.305 e. The van der Waals surface area contributed by atoms with E-state index in [0.717, 1.165) is 22.5 Å². The molecule has 3 aromatic rings. The van der Waals surface area contributed by atoms with Crippen LogP contribution in [0, 0.1) is 18.3 Å². The third kappa shape index (κ3) is 4.12. The Kier molecular flexibility index (Phi) is 5.41. The summed E-state index contributed by atoms with van der Waals surface area (Å²) in [4.78, 5) is 29.8. The fourth-order valence-corrected chi connectivity index (χ4v) is 3.56. The zero-order valence-electron chi connectivity index (χ0n) is 16.9. The number of nitrogens with zero attached hydrogens (tertiary/aromatic N) is 4. The predicted octanol–water partition coefficient (Wildman–Crippen LogP) is 3.06. The number of aromatic nitrogens is 2. The van der Waals surface area contributed by atoms with E-state index in [4.69, 9.17) is 15.1 Å². The number of hydrogen-bond donors (Lipinski definition) is 1. The summed E-state index contributed by atoms with van der Waals surface area (Å²) < 4.78 is 7.72. The van der Waals surface area contributed by atoms with E-state index in [1.165, 1.54) is 4.90 Å². The number of nitriles is 1. The van der Waals surface area contributed by atoms with Gasteiger partial charge in [0.1, 0.15) is 12.4 Å². The lowest BCUT2D eigenvalue weighted by atomic mass is 10.1. The lowest BCUT2D eigenvalue weighted by Crippen LogP contribution is -2.32. The number of imidazole rings is 1. The summed E-state index contributed by atoms with van der Waals surface area (Å²) in [6, 6.07) is 14.8. The molecule has 1 amide bonds. The maximum absolute atomic E-state index is 13.0. The summed E-state index contributed by atoms with van der Waals surface area (Å²) in [6.07, 6.45) is 1.49. The largest absolute Gasteiger partial charge is 0.489 e. The summed E-state index contributed by atoms with van der Waals surface area (Å²) in [5, 5.41) is 18.0. The first-order chi connectivity index (χ1) is 15.0. The number of fused-ring (bicyclic) bond motifs is 3. The highest BCUT2D eigenvalue weighted by molar-refractivity contribution is 5.92. The molecule has 1 N–H and O–H groups in total. The van der Waals surface area contributed by atoms with E-state index in [0.29, 0.717) is 17.9 Å². The molecular formula is C23H20N4O4. The second-order valence-electron chi connectivity index (χ2n) is 7.32. The van der Waals surface area contributed by atoms with E-state index in [1.54, 1.807) is 22.9 Å². The number of hydrogen-bond acceptors (Lipinski definition) is 5. The summed E-state index contributed by atoms with van der Waals surface area (Å²) in [6.45, 7) is 2.56. The van der Waals surface area contributed by atoms with Crippen LogP contribution in [0.1, 0.15) is 39.4 Å². The molecule has 8 heteroatoms. The number of rotatable bonds is 6. The number of ether oxygens (including phenoxy) is 1. The van der Waals surface area contributed by atoms with E-state index in [-0.39, 0.29) is 31.2 Å². The zero-order chi connectivity index (χ0) is 22.0. The van der Waals surface area contributed by atoms with Crippen LogP contribution in [0.25, 0.3) is 5.69 Å². The van der Waals surface area contributed by atoms with Crippen LogP contribution in [-0.2, 0) is 17.9 Å². The quantitative estimate of drug-likeness (QED) is 0.662. The predicted molar refractivity (Wildman–Crippen MR) is 111 cm³/mol. The molecule has 0 bridgehead atoms. The Morgan fingerprint density at radius 3 is 2.74 bits per heavy atom. The van der Waals surface area contributed by atoms with Gasteiger partial charge in [-0.3, -0.25) is 14.2 Å². The van der Waals surface area contributed by atoms with Crippen LogP contribution in [0.15, 0.2) is 48.7 Å². The summed E-state index contributed by atoms with van der Waals surface area (Å²) in [5.74, 6) is -0.357. The number of carbonyl (C=O) groups excluding carboxylic acids is 1. The molecule has 0 fully saturated rings. The van der Waals surface area contributed by atoms with E-state index in [1.807, 2.05) is 37.3 Å². The van der Waals surface area contributed by atoms with E-state index < -0.39 is 5.97 Å². The number of carboxylic acids is 1. The van der Waals surface area contributed by atoms with Crippen molar-refractivity contribution in [3.8, 4) is 17.5 Å². The van der Waals surface area contributed by atoms with Crippen molar-refractivity contribution < 1.29 is 19.4 Å². The maximum atomic E-state index is 13.0. The van der Waals surface area contributed by atoms with Crippen LogP contribution in [0.4, 0.5) is 0 Å². The Balaban J connectivity index is 1.62. The Hall–Kier alpha value is -4.12. The lowest BCUT2D eigenvalue weighted by molar-refractivity contribution is -0.137. The van der Waals surface area contributed by atoms with Crippen molar-refractivity contribution in [3.05, 3.63) is 76.9 Å². The average Bonchev–Trinajstić information content (AvgIpc) is 3.10. The van der Waals surface area contributed by atoms with Gasteiger partial charge < -0.3 is 14.7 Å². The number of carbonyl (C=O) groups is 2. The Labute approximate surface area is 178 Å². The molecule has 1 aliphatic rings. The van der Waals surface area contributed by atoms with E-state index in [2.05, 4.69) is 11.1 Å². The highest BCUT2D eigenvalue weighted by atomic mass is 16.5. The number of amides is 1. The molecule has 0 saturated carbocycles. The molecule has 0 atom stereocenters. The molecule has 0 spiro atoms. The second-order valence-corrected chi connectivity index (χ2v) is 7.32. The van der Waals surface area contributed by atoms with Crippen molar-refractivity contribution in [2.45, 2.75) is 26.5 Å². The minimum Gasteiger partial charge on any atom is -0.489 e. The summed E-state index contributed by atoms with van der Waals surface area (Å²) in [5.41, 5.74) is 4.00. The van der Waals surface area contributed by atoms with Crippen molar-refractivity contribution in [2.24, 2.45) is 0 Å². The fraction of sp³-hybridized carbons (Fsp3) is 0.217. The molecule has 0 unspecified atom stereocenters. The van der Waals surface area contributed by atoms with Gasteiger partial charge in [0.15, 0.2) is 0 Å². The minimum absolute atomic E-state index is 0.0931. The van der Waals surface area contributed by atoms with Crippen LogP contribution >= 0.6 is 0 Å². The molecule has 0 saturated heterocycles. The lowest BCUT2D eigenvalue weighted by Gasteiger charge is -2.19. The zero-order valence-corrected chi connectivity index (χ0v) is 16.9. The highest BCUT2D eigenvalue weighted by Gasteiger charge is 2.28. The molecule has 1 aromatic heterocycles. The van der Waals surface area contributed by atoms with E-state index in [9.17, 15) is 9.59 Å². The van der Waals surface area contributed by atoms with Gasteiger partial charge >= 0.3 is 5.97 Å². The van der Waals surface area contributed by atoms with E-state index >= 15 is 0 Å². The van der Waals surface area contributed by atoms with Gasteiger partial charge in [0.05, 0.1) is 23.7 Å². The number of aliphatic carboxylic acids is 1. The summed E-state index contributed by atoms with van der Waals surface area (Å²) >= 11 is 0. The molecule has 2 heterocycles. The van der Waals surface area contributed by atoms with Gasteiger partial charge in [-0.05, 0) is 48.4 Å². The topological polar surface area (TPSA) is 108 Å². The van der Waals surface area contributed by atoms with Gasteiger partial charge in [0.2, 0.25) is 5.82 Å². The minimum atomic E-state index is -0.962. The molecular weight excluding hydrogens is 396 g/mol. The molecule has 4 rings (SSSR count). The molecule has 156 valence electrons. The van der Waals surface area contributed by atoms with Gasteiger partial charge in [-0.15, -0.1) is 0 Å². The first-order valence-corrected chi connectivity index (χ1v) is 9.77. The second kappa shape index (κ2) is 8.32. The maximum Gasteiger partial charge on any atom is 0.305 e. The third-order valence-electron chi connectivity index (χ3n) is 5.15. The van der Waals surface area contributed by atoms with Gasteiger partial charge in [-0.25, -0.2) is 4.98 Å². The van der Waals surface area contributed by atoms with Crippen molar-refractivity contribution in [3.63, 3.8) is 0 Å². The standard InChI is InChI=1S/C23H20N4O4/c1-15-12-25-22-23(30)26(9-8-21(28)29)13-18-10-19(6-7-20(18)27(15)22)31-14-17-4-2-16(11-24)3-5-17/h2-7,10,12H,8-9,13-14H2,1H3,(H,28,29). The third-order valence-corrected chi connectivity index (χ3v) is 5.15. The molecule has 1 aliphatic heterocycles. The SMILES string of the molecule is Cc1cnc2n1-c1ccc(OCc3ccc(C#N)cc3)cc1CN(CCC(=O)O)C2=O.